The van der Waals surface area contributed by atoms with Gasteiger partial charge in [0.1, 0.15) is 0 Å². The van der Waals surface area contributed by atoms with Crippen LogP contribution in [-0.2, 0) is 0 Å². The number of H-pyrrole nitrogens is 1. The van der Waals surface area contributed by atoms with Crippen LogP contribution in [0.25, 0.3) is 22.0 Å². The molecule has 1 aliphatic rings. The Hall–Kier alpha value is -2.86. The Morgan fingerprint density at radius 3 is 2.70 bits per heavy atom. The van der Waals surface area contributed by atoms with Gasteiger partial charge in [-0.3, -0.25) is 9.89 Å². The smallest absolute Gasteiger partial charge is 0.251 e. The normalized spacial score (nSPS) is 15.1. The standard InChI is InChI=1S/C21H25N5O/c22-17-6-4-15(5-7-17)18-12-16(13-20-19(18)14-24-25-20)21(27)23-8-11-26-9-2-1-3-10-26/h4-7,12-14H,1-3,8-11,22H2,(H,23,27)(H,24,25). The van der Waals surface area contributed by atoms with E-state index in [2.05, 4.69) is 20.4 Å². The maximum absolute atomic E-state index is 12.7. The van der Waals surface area contributed by atoms with Crippen LogP contribution in [0.3, 0.4) is 0 Å². The fourth-order valence-electron chi connectivity index (χ4n) is 3.70. The summed E-state index contributed by atoms with van der Waals surface area (Å²) in [6.07, 6.45) is 5.63. The van der Waals surface area contributed by atoms with E-state index in [1.54, 1.807) is 6.20 Å². The summed E-state index contributed by atoms with van der Waals surface area (Å²) in [5.74, 6) is -0.0554. The van der Waals surface area contributed by atoms with E-state index in [-0.39, 0.29) is 5.91 Å². The minimum absolute atomic E-state index is 0.0554. The number of likely N-dealkylation sites (tertiary alicyclic amines) is 1. The lowest BCUT2D eigenvalue weighted by Gasteiger charge is -2.26. The van der Waals surface area contributed by atoms with Gasteiger partial charge in [-0.15, -0.1) is 0 Å². The van der Waals surface area contributed by atoms with Gasteiger partial charge in [-0.1, -0.05) is 18.6 Å². The van der Waals surface area contributed by atoms with Crippen LogP contribution in [0.4, 0.5) is 5.69 Å². The molecule has 0 saturated carbocycles. The van der Waals surface area contributed by atoms with Crippen LogP contribution in [0.5, 0.6) is 0 Å². The van der Waals surface area contributed by atoms with Gasteiger partial charge < -0.3 is 16.0 Å². The highest BCUT2D eigenvalue weighted by Gasteiger charge is 2.14. The van der Waals surface area contributed by atoms with Gasteiger partial charge in [0.2, 0.25) is 0 Å². The topological polar surface area (TPSA) is 87.0 Å². The maximum atomic E-state index is 12.7. The number of carbonyl (C=O) groups excluding carboxylic acids is 1. The Morgan fingerprint density at radius 1 is 1.15 bits per heavy atom. The van der Waals surface area contributed by atoms with E-state index < -0.39 is 0 Å². The zero-order valence-corrected chi connectivity index (χ0v) is 15.4. The lowest BCUT2D eigenvalue weighted by Crippen LogP contribution is -2.37. The molecule has 1 aromatic heterocycles. The number of hydrogen-bond donors (Lipinski definition) is 3. The first-order chi connectivity index (χ1) is 13.2. The van der Waals surface area contributed by atoms with Crippen molar-refractivity contribution < 1.29 is 4.79 Å². The molecule has 6 nitrogen and oxygen atoms in total. The molecule has 1 fully saturated rings. The van der Waals surface area contributed by atoms with E-state index in [9.17, 15) is 4.79 Å². The summed E-state index contributed by atoms with van der Waals surface area (Å²) in [7, 11) is 0. The number of nitrogens with zero attached hydrogens (tertiary/aromatic N) is 2. The summed E-state index contributed by atoms with van der Waals surface area (Å²) in [6, 6.07) is 11.5. The molecule has 27 heavy (non-hydrogen) atoms. The van der Waals surface area contributed by atoms with Gasteiger partial charge >= 0.3 is 0 Å². The number of benzene rings is 2. The highest BCUT2D eigenvalue weighted by Crippen LogP contribution is 2.29. The molecule has 1 amide bonds. The fourth-order valence-corrected chi connectivity index (χ4v) is 3.70. The number of aromatic nitrogens is 2. The first-order valence-electron chi connectivity index (χ1n) is 9.54. The number of nitrogen functional groups attached to an aromatic ring is 1. The summed E-state index contributed by atoms with van der Waals surface area (Å²) in [5, 5.41) is 11.2. The van der Waals surface area contributed by atoms with Crippen molar-refractivity contribution in [2.45, 2.75) is 19.3 Å². The number of rotatable bonds is 5. The van der Waals surface area contributed by atoms with Crippen molar-refractivity contribution in [3.8, 4) is 11.1 Å². The SMILES string of the molecule is Nc1ccc(-c2cc(C(=O)NCCN3CCCCC3)cc3[nH]ncc23)cc1. The molecule has 2 heterocycles. The van der Waals surface area contributed by atoms with Gasteiger partial charge in [0.05, 0.1) is 11.7 Å². The molecule has 140 valence electrons. The number of anilines is 1. The van der Waals surface area contributed by atoms with E-state index in [0.29, 0.717) is 17.8 Å². The molecule has 0 aliphatic carbocycles. The molecular formula is C21H25N5O. The van der Waals surface area contributed by atoms with Crippen molar-refractivity contribution in [3.63, 3.8) is 0 Å². The molecular weight excluding hydrogens is 338 g/mol. The van der Waals surface area contributed by atoms with Crippen LogP contribution in [-0.4, -0.2) is 47.2 Å². The van der Waals surface area contributed by atoms with Crippen LogP contribution in [0.15, 0.2) is 42.6 Å². The molecule has 3 aromatic rings. The Morgan fingerprint density at radius 2 is 1.93 bits per heavy atom. The summed E-state index contributed by atoms with van der Waals surface area (Å²) in [6.45, 7) is 3.84. The van der Waals surface area contributed by atoms with Crippen LogP contribution >= 0.6 is 0 Å². The molecule has 0 bridgehead atoms. The lowest BCUT2D eigenvalue weighted by molar-refractivity contribution is 0.0946. The largest absolute Gasteiger partial charge is 0.399 e. The monoisotopic (exact) mass is 363 g/mol. The van der Waals surface area contributed by atoms with Gasteiger partial charge in [-0.2, -0.15) is 5.10 Å². The number of nitrogens with two attached hydrogens (primary N) is 1. The number of fused-ring (bicyclic) bond motifs is 1. The molecule has 0 spiro atoms. The Balaban J connectivity index is 1.52. The zero-order valence-electron chi connectivity index (χ0n) is 15.4. The van der Waals surface area contributed by atoms with E-state index in [0.717, 1.165) is 41.7 Å². The summed E-state index contributed by atoms with van der Waals surface area (Å²) >= 11 is 0. The fraction of sp³-hybridized carbons (Fsp3) is 0.333. The summed E-state index contributed by atoms with van der Waals surface area (Å²) < 4.78 is 0. The van der Waals surface area contributed by atoms with Crippen molar-refractivity contribution in [2.24, 2.45) is 0 Å². The van der Waals surface area contributed by atoms with Crippen LogP contribution in [0, 0.1) is 0 Å². The number of amides is 1. The van der Waals surface area contributed by atoms with Gasteiger partial charge in [0.15, 0.2) is 0 Å². The highest BCUT2D eigenvalue weighted by atomic mass is 16.1. The van der Waals surface area contributed by atoms with Crippen molar-refractivity contribution in [1.82, 2.24) is 20.4 Å². The molecule has 6 heteroatoms. The highest BCUT2D eigenvalue weighted by molar-refractivity contribution is 6.03. The number of aromatic amines is 1. The minimum atomic E-state index is -0.0554. The third-order valence-corrected chi connectivity index (χ3v) is 5.20. The Bertz CT molecular complexity index is 925. The second-order valence-corrected chi connectivity index (χ2v) is 7.14. The molecule has 1 aliphatic heterocycles. The van der Waals surface area contributed by atoms with Crippen molar-refractivity contribution in [3.05, 3.63) is 48.2 Å². The molecule has 2 aromatic carbocycles. The molecule has 4 N–H and O–H groups in total. The third kappa shape index (κ3) is 3.95. The van der Waals surface area contributed by atoms with Gasteiger partial charge in [0.25, 0.3) is 5.91 Å². The maximum Gasteiger partial charge on any atom is 0.251 e. The first kappa shape index (κ1) is 17.5. The number of carbonyl (C=O) groups is 1. The Labute approximate surface area is 158 Å². The first-order valence-corrected chi connectivity index (χ1v) is 9.54. The second kappa shape index (κ2) is 7.80. The van der Waals surface area contributed by atoms with Gasteiger partial charge in [-0.25, -0.2) is 0 Å². The average Bonchev–Trinajstić information content (AvgIpc) is 3.17. The third-order valence-electron chi connectivity index (χ3n) is 5.20. The van der Waals surface area contributed by atoms with Crippen LogP contribution < -0.4 is 11.1 Å². The molecule has 0 unspecified atom stereocenters. The number of piperidine rings is 1. The molecule has 4 rings (SSSR count). The number of nitrogens with one attached hydrogen (secondary N) is 2. The van der Waals surface area contributed by atoms with Gasteiger partial charge in [-0.05, 0) is 61.3 Å². The van der Waals surface area contributed by atoms with E-state index in [1.165, 1.54) is 19.3 Å². The predicted molar refractivity (Wildman–Crippen MR) is 109 cm³/mol. The van der Waals surface area contributed by atoms with Crippen LogP contribution in [0.1, 0.15) is 29.6 Å². The zero-order chi connectivity index (χ0) is 18.6. The molecule has 0 radical (unpaired) electrons. The van der Waals surface area contributed by atoms with Crippen molar-refractivity contribution >= 4 is 22.5 Å². The van der Waals surface area contributed by atoms with E-state index in [4.69, 9.17) is 5.73 Å². The van der Waals surface area contributed by atoms with Crippen molar-refractivity contribution in [2.75, 3.05) is 31.9 Å². The number of hydrogen-bond acceptors (Lipinski definition) is 4. The van der Waals surface area contributed by atoms with Crippen LogP contribution in [0.2, 0.25) is 0 Å². The van der Waals surface area contributed by atoms with E-state index >= 15 is 0 Å². The molecule has 0 atom stereocenters. The van der Waals surface area contributed by atoms with Gasteiger partial charge in [0, 0.05) is 29.7 Å². The lowest BCUT2D eigenvalue weighted by atomic mass is 9.98. The average molecular weight is 363 g/mol. The predicted octanol–water partition coefficient (Wildman–Crippen LogP) is 3.03. The summed E-state index contributed by atoms with van der Waals surface area (Å²) in [4.78, 5) is 15.1. The minimum Gasteiger partial charge on any atom is -0.399 e. The Kier molecular flexibility index (Phi) is 5.07. The molecule has 1 saturated heterocycles. The van der Waals surface area contributed by atoms with Crippen molar-refractivity contribution in [1.29, 1.82) is 0 Å². The second-order valence-electron chi connectivity index (χ2n) is 7.14. The quantitative estimate of drug-likeness (QED) is 0.608. The van der Waals surface area contributed by atoms with E-state index in [1.807, 2.05) is 36.4 Å². The summed E-state index contributed by atoms with van der Waals surface area (Å²) in [5.41, 5.74) is 10.00.